The van der Waals surface area contributed by atoms with Crippen molar-refractivity contribution in [1.29, 1.82) is 0 Å². The van der Waals surface area contributed by atoms with E-state index in [0.717, 1.165) is 69.5 Å². The lowest BCUT2D eigenvalue weighted by atomic mass is 10.0. The van der Waals surface area contributed by atoms with Gasteiger partial charge in [0.05, 0.1) is 43.3 Å². The molecule has 0 saturated carbocycles. The highest BCUT2D eigenvalue weighted by Crippen LogP contribution is 2.28. The van der Waals surface area contributed by atoms with Gasteiger partial charge in [0.25, 0.3) is 0 Å². The number of imidazole rings is 2. The van der Waals surface area contributed by atoms with Crippen LogP contribution in [0.3, 0.4) is 0 Å². The molecule has 3 N–H and O–H groups in total. The number of aromatic nitrogens is 4. The van der Waals surface area contributed by atoms with E-state index in [1.165, 1.54) is 14.2 Å². The minimum atomic E-state index is -0.366. The molecule has 2 aromatic heterocycles. The Labute approximate surface area is 242 Å². The van der Waals surface area contributed by atoms with Crippen LogP contribution >= 0.6 is 0 Å². The van der Waals surface area contributed by atoms with E-state index in [1.54, 1.807) is 18.2 Å². The number of rotatable bonds is 8. The number of hydrogen-bond acceptors (Lipinski definition) is 7. The van der Waals surface area contributed by atoms with Crippen LogP contribution in [0.2, 0.25) is 0 Å². The summed E-state index contributed by atoms with van der Waals surface area (Å²) in [6.07, 6.45) is 2.46. The van der Waals surface area contributed by atoms with Gasteiger partial charge in [-0.2, -0.15) is 0 Å². The molecular weight excluding hydrogens is 520 g/mol. The van der Waals surface area contributed by atoms with Crippen molar-refractivity contribution in [2.24, 2.45) is 0 Å². The number of benzene rings is 2. The predicted octanol–water partition coefficient (Wildman–Crippen LogP) is 6.08. The average molecular weight is 563 g/mol. The maximum atomic E-state index is 11.7. The van der Waals surface area contributed by atoms with E-state index in [4.69, 9.17) is 14.6 Å². The van der Waals surface area contributed by atoms with Gasteiger partial charge in [0.2, 0.25) is 0 Å². The molecule has 0 fully saturated rings. The normalized spacial score (nSPS) is 10.3. The molecule has 2 aromatic carbocycles. The Balaban J connectivity index is 0.000000280. The summed E-state index contributed by atoms with van der Waals surface area (Å²) >= 11 is 0. The number of esters is 2. The second kappa shape index (κ2) is 14.9. The van der Waals surface area contributed by atoms with E-state index in [2.05, 4.69) is 26.9 Å². The predicted molar refractivity (Wildman–Crippen MR) is 161 cm³/mol. The van der Waals surface area contributed by atoms with E-state index in [0.29, 0.717) is 17.5 Å². The Hall–Kier alpha value is -4.24. The Morgan fingerprint density at radius 3 is 1.54 bits per heavy atom. The van der Waals surface area contributed by atoms with Crippen molar-refractivity contribution < 1.29 is 24.2 Å². The number of aliphatic hydroxyl groups is 1. The molecule has 9 nitrogen and oxygen atoms in total. The van der Waals surface area contributed by atoms with Gasteiger partial charge >= 0.3 is 11.9 Å². The van der Waals surface area contributed by atoms with E-state index in [9.17, 15) is 9.59 Å². The zero-order valence-electron chi connectivity index (χ0n) is 24.3. The lowest BCUT2D eigenvalue weighted by Gasteiger charge is -2.06. The molecule has 0 aliphatic carbocycles. The SMILES string of the molecule is C.CCCc1nc(-c2cc(C(=O)OC)ccc2C)c(C)[nH]1.COC(=O)c1ccc(C)c(-c2nc(CCO)[nH]c2C)c1. The summed E-state index contributed by atoms with van der Waals surface area (Å²) < 4.78 is 9.51. The molecule has 0 bridgehead atoms. The summed E-state index contributed by atoms with van der Waals surface area (Å²) in [7, 11) is 2.75. The van der Waals surface area contributed by atoms with E-state index >= 15 is 0 Å². The molecule has 2 heterocycles. The highest BCUT2D eigenvalue weighted by Gasteiger charge is 2.16. The molecule has 4 rings (SSSR count). The van der Waals surface area contributed by atoms with Gasteiger partial charge in [0.15, 0.2) is 0 Å². The van der Waals surface area contributed by atoms with Crippen LogP contribution in [0.15, 0.2) is 36.4 Å². The maximum Gasteiger partial charge on any atom is 0.337 e. The fourth-order valence-corrected chi connectivity index (χ4v) is 4.39. The van der Waals surface area contributed by atoms with Gasteiger partial charge in [-0.1, -0.05) is 26.5 Å². The highest BCUT2D eigenvalue weighted by atomic mass is 16.5. The van der Waals surface area contributed by atoms with Crippen LogP contribution in [-0.4, -0.2) is 57.8 Å². The average Bonchev–Trinajstić information content (AvgIpc) is 3.50. The van der Waals surface area contributed by atoms with Crippen LogP contribution in [0.25, 0.3) is 22.5 Å². The van der Waals surface area contributed by atoms with Crippen LogP contribution in [0.4, 0.5) is 0 Å². The van der Waals surface area contributed by atoms with E-state index < -0.39 is 0 Å². The zero-order valence-corrected chi connectivity index (χ0v) is 24.3. The highest BCUT2D eigenvalue weighted by molar-refractivity contribution is 5.92. The number of aryl methyl sites for hydroxylation is 5. The second-order valence-corrected chi connectivity index (χ2v) is 9.58. The summed E-state index contributed by atoms with van der Waals surface area (Å²) in [6, 6.07) is 10.9. The van der Waals surface area contributed by atoms with Crippen LogP contribution in [-0.2, 0) is 22.3 Å². The van der Waals surface area contributed by atoms with Gasteiger partial charge in [-0.05, 0) is 69.5 Å². The van der Waals surface area contributed by atoms with Crippen molar-refractivity contribution in [3.63, 3.8) is 0 Å². The topological polar surface area (TPSA) is 130 Å². The summed E-state index contributed by atoms with van der Waals surface area (Å²) in [5, 5.41) is 8.97. The third kappa shape index (κ3) is 7.91. The van der Waals surface area contributed by atoms with E-state index in [1.807, 2.05) is 45.9 Å². The lowest BCUT2D eigenvalue weighted by molar-refractivity contribution is 0.0592. The lowest BCUT2D eigenvalue weighted by Crippen LogP contribution is -2.02. The molecule has 0 saturated heterocycles. The van der Waals surface area contributed by atoms with Gasteiger partial charge in [0, 0.05) is 35.4 Å². The molecule has 0 amide bonds. The summed E-state index contributed by atoms with van der Waals surface area (Å²) in [5.41, 5.74) is 8.70. The third-order valence-electron chi connectivity index (χ3n) is 6.53. The van der Waals surface area contributed by atoms with Crippen molar-refractivity contribution >= 4 is 11.9 Å². The third-order valence-corrected chi connectivity index (χ3v) is 6.53. The van der Waals surface area contributed by atoms with Crippen molar-refractivity contribution in [1.82, 2.24) is 19.9 Å². The standard InChI is InChI=1S/C16H20N2O2.C15H18N2O3.CH4/c1-5-6-14-17-11(3)15(18-14)13-9-12(16(19)20-4)8-7-10(13)2;1-9-4-5-11(15(19)20-3)8-12(9)14-10(2)16-13(17-14)6-7-18;/h7-9H,5-6H2,1-4H3,(H,17,18);4-5,8,18H,6-7H2,1-3H3,(H,16,17);1H4. The van der Waals surface area contributed by atoms with Gasteiger partial charge in [0.1, 0.15) is 11.6 Å². The van der Waals surface area contributed by atoms with E-state index in [-0.39, 0.29) is 26.0 Å². The number of nitrogens with one attached hydrogen (secondary N) is 2. The van der Waals surface area contributed by atoms with Gasteiger partial charge < -0.3 is 24.5 Å². The molecule has 0 radical (unpaired) electrons. The van der Waals surface area contributed by atoms with Crippen LogP contribution in [0, 0.1) is 27.7 Å². The fourth-order valence-electron chi connectivity index (χ4n) is 4.39. The molecule has 0 aliphatic rings. The Bertz CT molecular complexity index is 1370. The zero-order chi connectivity index (χ0) is 29.4. The Kier molecular flexibility index (Phi) is 12.0. The smallest absolute Gasteiger partial charge is 0.337 e. The number of H-pyrrole nitrogens is 2. The number of methoxy groups -OCH3 is 2. The molecule has 0 spiro atoms. The second-order valence-electron chi connectivity index (χ2n) is 9.58. The van der Waals surface area contributed by atoms with Crippen molar-refractivity contribution in [3.05, 3.63) is 81.7 Å². The first-order valence-electron chi connectivity index (χ1n) is 13.2. The van der Waals surface area contributed by atoms with Crippen LogP contribution in [0.1, 0.15) is 75.7 Å². The number of nitrogens with zero attached hydrogens (tertiary/aromatic N) is 2. The van der Waals surface area contributed by atoms with Crippen molar-refractivity contribution in [3.8, 4) is 22.5 Å². The van der Waals surface area contributed by atoms with Crippen LogP contribution in [0.5, 0.6) is 0 Å². The number of aromatic amines is 2. The quantitative estimate of drug-likeness (QED) is 0.222. The molecule has 4 aromatic rings. The van der Waals surface area contributed by atoms with Gasteiger partial charge in [-0.3, -0.25) is 0 Å². The Morgan fingerprint density at radius 2 is 1.17 bits per heavy atom. The molecule has 0 unspecified atom stereocenters. The van der Waals surface area contributed by atoms with Gasteiger partial charge in [-0.15, -0.1) is 0 Å². The molecule has 0 atom stereocenters. The van der Waals surface area contributed by atoms with Crippen LogP contribution < -0.4 is 0 Å². The molecule has 0 aliphatic heterocycles. The first-order valence-corrected chi connectivity index (χ1v) is 13.2. The molecule has 41 heavy (non-hydrogen) atoms. The molecular formula is C32H42N4O5. The monoisotopic (exact) mass is 562 g/mol. The Morgan fingerprint density at radius 1 is 0.756 bits per heavy atom. The molecule has 9 heteroatoms. The first-order chi connectivity index (χ1) is 19.1. The molecule has 220 valence electrons. The number of ether oxygens (including phenoxy) is 2. The summed E-state index contributed by atoms with van der Waals surface area (Å²) in [5.74, 6) is 1.04. The number of aliphatic hydroxyl groups excluding tert-OH is 1. The minimum Gasteiger partial charge on any atom is -0.465 e. The number of carbonyl (C=O) groups is 2. The summed E-state index contributed by atoms with van der Waals surface area (Å²) in [4.78, 5) is 38.9. The van der Waals surface area contributed by atoms with Crippen molar-refractivity contribution in [2.75, 3.05) is 20.8 Å². The summed E-state index contributed by atoms with van der Waals surface area (Å²) in [6.45, 7) is 10.1. The number of carbonyl (C=O) groups excluding carboxylic acids is 2. The van der Waals surface area contributed by atoms with Gasteiger partial charge in [-0.25, -0.2) is 19.6 Å². The fraction of sp³-hybridized carbons (Fsp3) is 0.375. The first kappa shape index (κ1) is 33.0. The maximum absolute atomic E-state index is 11.7. The van der Waals surface area contributed by atoms with Crippen molar-refractivity contribution in [2.45, 2.75) is 61.3 Å². The largest absolute Gasteiger partial charge is 0.465 e. The minimum absolute atomic E-state index is 0. The number of hydrogen-bond donors (Lipinski definition) is 3.